The van der Waals surface area contributed by atoms with E-state index in [1.165, 1.54) is 0 Å². The van der Waals surface area contributed by atoms with Gasteiger partial charge in [0.2, 0.25) is 11.8 Å². The first-order valence-electron chi connectivity index (χ1n) is 6.69. The molecule has 0 saturated heterocycles. The van der Waals surface area contributed by atoms with E-state index in [-0.39, 0.29) is 30.3 Å². The maximum absolute atomic E-state index is 11.8. The Morgan fingerprint density at radius 3 is 2.35 bits per heavy atom. The largest absolute Gasteiger partial charge is 0.354 e. The molecule has 1 aromatic carbocycles. The van der Waals surface area contributed by atoms with Crippen molar-refractivity contribution in [2.75, 3.05) is 6.54 Å². The molecule has 0 radical (unpaired) electrons. The van der Waals surface area contributed by atoms with Crippen molar-refractivity contribution in [3.05, 3.63) is 35.9 Å². The third kappa shape index (κ3) is 5.84. The minimum Gasteiger partial charge on any atom is -0.354 e. The molecule has 0 heterocycles. The monoisotopic (exact) mass is 277 g/mol. The summed E-state index contributed by atoms with van der Waals surface area (Å²) < 4.78 is 0. The Bertz CT molecular complexity index is 452. The van der Waals surface area contributed by atoms with Crippen molar-refractivity contribution in [3.63, 3.8) is 0 Å². The molecule has 5 heteroatoms. The SMILES string of the molecule is CC(C)(C)NC(=O)CCNC(=O)C(N)c1ccccc1. The average Bonchev–Trinajstić information content (AvgIpc) is 2.36. The van der Waals surface area contributed by atoms with Crippen molar-refractivity contribution in [3.8, 4) is 0 Å². The zero-order valence-corrected chi connectivity index (χ0v) is 12.3. The van der Waals surface area contributed by atoms with E-state index in [0.717, 1.165) is 5.56 Å². The van der Waals surface area contributed by atoms with Crippen LogP contribution in [0.25, 0.3) is 0 Å². The first-order chi connectivity index (χ1) is 9.29. The molecule has 0 spiro atoms. The molecule has 2 amide bonds. The van der Waals surface area contributed by atoms with Gasteiger partial charge in [-0.25, -0.2) is 0 Å². The molecule has 0 aliphatic carbocycles. The average molecular weight is 277 g/mol. The topological polar surface area (TPSA) is 84.2 Å². The highest BCUT2D eigenvalue weighted by atomic mass is 16.2. The van der Waals surface area contributed by atoms with Crippen molar-refractivity contribution < 1.29 is 9.59 Å². The number of nitrogens with one attached hydrogen (secondary N) is 2. The summed E-state index contributed by atoms with van der Waals surface area (Å²) in [5.41, 5.74) is 6.34. The molecule has 110 valence electrons. The summed E-state index contributed by atoms with van der Waals surface area (Å²) in [6.45, 7) is 6.01. The zero-order chi connectivity index (χ0) is 15.2. The van der Waals surface area contributed by atoms with Crippen LogP contribution in [0.3, 0.4) is 0 Å². The van der Waals surface area contributed by atoms with Crippen molar-refractivity contribution in [2.45, 2.75) is 38.8 Å². The van der Waals surface area contributed by atoms with Gasteiger partial charge in [-0.3, -0.25) is 9.59 Å². The van der Waals surface area contributed by atoms with Gasteiger partial charge in [0.25, 0.3) is 0 Å². The molecule has 1 unspecified atom stereocenters. The van der Waals surface area contributed by atoms with Crippen LogP contribution >= 0.6 is 0 Å². The number of nitrogens with two attached hydrogens (primary N) is 1. The van der Waals surface area contributed by atoms with Crippen LogP contribution in [0.4, 0.5) is 0 Å². The van der Waals surface area contributed by atoms with Gasteiger partial charge < -0.3 is 16.4 Å². The lowest BCUT2D eigenvalue weighted by molar-refractivity contribution is -0.123. The smallest absolute Gasteiger partial charge is 0.241 e. The zero-order valence-electron chi connectivity index (χ0n) is 12.3. The van der Waals surface area contributed by atoms with E-state index in [1.807, 2.05) is 39.0 Å². The van der Waals surface area contributed by atoms with Gasteiger partial charge in [0.1, 0.15) is 6.04 Å². The summed E-state index contributed by atoms with van der Waals surface area (Å²) in [7, 11) is 0. The summed E-state index contributed by atoms with van der Waals surface area (Å²) in [6.07, 6.45) is 0.241. The summed E-state index contributed by atoms with van der Waals surface area (Å²) in [5.74, 6) is -0.370. The summed E-state index contributed by atoms with van der Waals surface area (Å²) >= 11 is 0. The van der Waals surface area contributed by atoms with E-state index in [0.29, 0.717) is 0 Å². The summed E-state index contributed by atoms with van der Waals surface area (Å²) in [4.78, 5) is 23.4. The Hall–Kier alpha value is -1.88. The minimum absolute atomic E-state index is 0.0916. The predicted molar refractivity (Wildman–Crippen MR) is 78.9 cm³/mol. The molecule has 5 nitrogen and oxygen atoms in total. The molecule has 4 N–H and O–H groups in total. The number of carbonyl (C=O) groups excluding carboxylic acids is 2. The normalized spacial score (nSPS) is 12.6. The van der Waals surface area contributed by atoms with Crippen LogP contribution in [0.1, 0.15) is 38.8 Å². The fourth-order valence-corrected chi connectivity index (χ4v) is 1.70. The third-order valence-corrected chi connectivity index (χ3v) is 2.61. The van der Waals surface area contributed by atoms with Crippen LogP contribution in [0.15, 0.2) is 30.3 Å². The summed E-state index contributed by atoms with van der Waals surface area (Å²) in [5, 5.41) is 5.51. The molecular weight excluding hydrogens is 254 g/mol. The molecule has 1 aromatic rings. The second-order valence-electron chi connectivity index (χ2n) is 5.73. The number of rotatable bonds is 5. The van der Waals surface area contributed by atoms with Gasteiger partial charge in [-0.15, -0.1) is 0 Å². The second kappa shape index (κ2) is 7.05. The maximum Gasteiger partial charge on any atom is 0.241 e. The molecule has 20 heavy (non-hydrogen) atoms. The van der Waals surface area contributed by atoms with Gasteiger partial charge in [0.15, 0.2) is 0 Å². The minimum atomic E-state index is -0.707. The van der Waals surface area contributed by atoms with Crippen LogP contribution < -0.4 is 16.4 Å². The number of hydrogen-bond donors (Lipinski definition) is 3. The molecule has 0 aliphatic heterocycles. The number of benzene rings is 1. The highest BCUT2D eigenvalue weighted by Crippen LogP contribution is 2.09. The van der Waals surface area contributed by atoms with Gasteiger partial charge in [0.05, 0.1) is 0 Å². The van der Waals surface area contributed by atoms with E-state index in [2.05, 4.69) is 10.6 Å². The van der Waals surface area contributed by atoms with Crippen LogP contribution in [0.5, 0.6) is 0 Å². The second-order valence-corrected chi connectivity index (χ2v) is 5.73. The van der Waals surface area contributed by atoms with Crippen molar-refractivity contribution >= 4 is 11.8 Å². The van der Waals surface area contributed by atoms with Gasteiger partial charge in [-0.1, -0.05) is 30.3 Å². The van der Waals surface area contributed by atoms with Gasteiger partial charge in [0, 0.05) is 18.5 Å². The van der Waals surface area contributed by atoms with Gasteiger partial charge in [-0.2, -0.15) is 0 Å². The van der Waals surface area contributed by atoms with Gasteiger partial charge >= 0.3 is 0 Å². The van der Waals surface area contributed by atoms with Crippen LogP contribution in [0.2, 0.25) is 0 Å². The molecule has 0 fully saturated rings. The first-order valence-corrected chi connectivity index (χ1v) is 6.69. The van der Waals surface area contributed by atoms with Crippen LogP contribution in [-0.2, 0) is 9.59 Å². The fourth-order valence-electron chi connectivity index (χ4n) is 1.70. The highest BCUT2D eigenvalue weighted by molar-refractivity contribution is 5.83. The van der Waals surface area contributed by atoms with Crippen LogP contribution in [-0.4, -0.2) is 23.9 Å². The number of carbonyl (C=O) groups is 2. The summed E-state index contributed by atoms with van der Waals surface area (Å²) in [6, 6.07) is 8.43. The quantitative estimate of drug-likeness (QED) is 0.753. The molecule has 0 bridgehead atoms. The Morgan fingerprint density at radius 2 is 1.80 bits per heavy atom. The highest BCUT2D eigenvalue weighted by Gasteiger charge is 2.16. The Labute approximate surface area is 119 Å². The molecule has 1 atom stereocenters. The predicted octanol–water partition coefficient (Wildman–Crippen LogP) is 1.11. The maximum atomic E-state index is 11.8. The Kier molecular flexibility index (Phi) is 5.70. The van der Waals surface area contributed by atoms with Crippen molar-refractivity contribution in [2.24, 2.45) is 5.73 Å². The lowest BCUT2D eigenvalue weighted by atomic mass is 10.1. The fraction of sp³-hybridized carbons (Fsp3) is 0.467. The molecule has 0 saturated carbocycles. The van der Waals surface area contributed by atoms with Gasteiger partial charge in [-0.05, 0) is 26.3 Å². The Balaban J connectivity index is 2.35. The molecule has 0 aliphatic rings. The molecule has 1 rings (SSSR count). The first kappa shape index (κ1) is 16.2. The molecular formula is C15H23N3O2. The lowest BCUT2D eigenvalue weighted by Gasteiger charge is -2.20. The van der Waals surface area contributed by atoms with E-state index in [9.17, 15) is 9.59 Å². The lowest BCUT2D eigenvalue weighted by Crippen LogP contribution is -2.42. The van der Waals surface area contributed by atoms with E-state index in [4.69, 9.17) is 5.73 Å². The number of hydrogen-bond acceptors (Lipinski definition) is 3. The molecule has 0 aromatic heterocycles. The third-order valence-electron chi connectivity index (χ3n) is 2.61. The number of amides is 2. The van der Waals surface area contributed by atoms with E-state index in [1.54, 1.807) is 12.1 Å². The van der Waals surface area contributed by atoms with Crippen LogP contribution in [0, 0.1) is 0 Å². The van der Waals surface area contributed by atoms with E-state index >= 15 is 0 Å². The van der Waals surface area contributed by atoms with Crippen molar-refractivity contribution in [1.29, 1.82) is 0 Å². The standard InChI is InChI=1S/C15H23N3O2/c1-15(2,3)18-12(19)9-10-17-14(20)13(16)11-7-5-4-6-8-11/h4-8,13H,9-10,16H2,1-3H3,(H,17,20)(H,18,19). The van der Waals surface area contributed by atoms with E-state index < -0.39 is 6.04 Å². The Morgan fingerprint density at radius 1 is 1.20 bits per heavy atom. The van der Waals surface area contributed by atoms with Crippen molar-refractivity contribution in [1.82, 2.24) is 10.6 Å².